The van der Waals surface area contributed by atoms with E-state index in [1.807, 2.05) is 41.8 Å². The van der Waals surface area contributed by atoms with Gasteiger partial charge in [0.1, 0.15) is 5.01 Å². The van der Waals surface area contributed by atoms with Crippen molar-refractivity contribution in [1.29, 1.82) is 0 Å². The number of hydrogen-bond donors (Lipinski definition) is 1. The summed E-state index contributed by atoms with van der Waals surface area (Å²) in [5.74, 6) is -0.0690. The Balaban J connectivity index is 1.70. The Hall–Kier alpha value is -1.73. The smallest absolute Gasteiger partial charge is 0.252 e. The fourth-order valence-electron chi connectivity index (χ4n) is 2.24. The van der Waals surface area contributed by atoms with Gasteiger partial charge in [0.25, 0.3) is 5.91 Å². The molecule has 0 spiro atoms. The van der Waals surface area contributed by atoms with Gasteiger partial charge in [0.2, 0.25) is 0 Å². The van der Waals surface area contributed by atoms with Crippen molar-refractivity contribution in [2.24, 2.45) is 0 Å². The first-order chi connectivity index (χ1) is 11.1. The Morgan fingerprint density at radius 3 is 2.70 bits per heavy atom. The molecule has 116 valence electrons. The zero-order valence-electron chi connectivity index (χ0n) is 12.5. The van der Waals surface area contributed by atoms with Crippen LogP contribution in [0.15, 0.2) is 53.9 Å². The molecule has 3 nitrogen and oxygen atoms in total. The molecule has 3 rings (SSSR count). The number of rotatable bonds is 4. The van der Waals surface area contributed by atoms with Crippen LogP contribution in [-0.2, 0) is 6.54 Å². The number of aryl methyl sites for hydroxylation is 1. The Kier molecular flexibility index (Phi) is 5.07. The molecule has 1 amide bonds. The summed E-state index contributed by atoms with van der Waals surface area (Å²) in [6.07, 6.45) is 0. The number of benzene rings is 2. The van der Waals surface area contributed by atoms with Crippen LogP contribution in [0.2, 0.25) is 0 Å². The van der Waals surface area contributed by atoms with Crippen LogP contribution in [0.25, 0.3) is 10.6 Å². The fourth-order valence-corrected chi connectivity index (χ4v) is 3.78. The molecular formula is C18H15IN2OS. The predicted octanol–water partition coefficient (Wildman–Crippen LogP) is 4.65. The Morgan fingerprint density at radius 1 is 1.17 bits per heavy atom. The van der Waals surface area contributed by atoms with Crippen LogP contribution in [0.4, 0.5) is 0 Å². The van der Waals surface area contributed by atoms with E-state index in [-0.39, 0.29) is 5.91 Å². The van der Waals surface area contributed by atoms with E-state index in [0.717, 1.165) is 19.8 Å². The highest BCUT2D eigenvalue weighted by Crippen LogP contribution is 2.26. The molecule has 0 radical (unpaired) electrons. The van der Waals surface area contributed by atoms with Gasteiger partial charge in [-0.25, -0.2) is 4.98 Å². The highest BCUT2D eigenvalue weighted by atomic mass is 127. The lowest BCUT2D eigenvalue weighted by atomic mass is 10.1. The molecular weight excluding hydrogens is 419 g/mol. The molecule has 1 aromatic heterocycles. The number of hydrogen-bond acceptors (Lipinski definition) is 3. The molecule has 0 fully saturated rings. The Morgan fingerprint density at radius 2 is 1.91 bits per heavy atom. The molecule has 1 N–H and O–H groups in total. The molecule has 0 aliphatic carbocycles. The van der Waals surface area contributed by atoms with Gasteiger partial charge in [-0.1, -0.05) is 36.4 Å². The minimum Gasteiger partial charge on any atom is -0.346 e. The highest BCUT2D eigenvalue weighted by Gasteiger charge is 2.11. The first kappa shape index (κ1) is 16.1. The van der Waals surface area contributed by atoms with E-state index in [0.29, 0.717) is 12.1 Å². The van der Waals surface area contributed by atoms with Crippen molar-refractivity contribution in [2.45, 2.75) is 13.5 Å². The minimum absolute atomic E-state index is 0.0690. The third-order valence-corrected chi connectivity index (χ3v) is 5.34. The van der Waals surface area contributed by atoms with Crippen molar-refractivity contribution in [3.05, 3.63) is 74.3 Å². The van der Waals surface area contributed by atoms with E-state index >= 15 is 0 Å². The quantitative estimate of drug-likeness (QED) is 0.608. The summed E-state index contributed by atoms with van der Waals surface area (Å²) in [6, 6.07) is 15.7. The number of nitrogens with one attached hydrogen (secondary N) is 1. The molecule has 1 heterocycles. The summed E-state index contributed by atoms with van der Waals surface area (Å²) in [5, 5.41) is 5.92. The normalized spacial score (nSPS) is 10.5. The first-order valence-electron chi connectivity index (χ1n) is 7.18. The molecule has 5 heteroatoms. The second kappa shape index (κ2) is 7.23. The summed E-state index contributed by atoms with van der Waals surface area (Å²) in [5.41, 5.74) is 3.93. The van der Waals surface area contributed by atoms with Crippen molar-refractivity contribution >= 4 is 39.8 Å². The third-order valence-electron chi connectivity index (χ3n) is 3.48. The minimum atomic E-state index is -0.0690. The van der Waals surface area contributed by atoms with E-state index in [9.17, 15) is 4.79 Å². The van der Waals surface area contributed by atoms with Crippen LogP contribution in [-0.4, -0.2) is 10.9 Å². The second-order valence-electron chi connectivity index (χ2n) is 5.12. The SMILES string of the molecule is Cc1ccccc1-c1nc(CNC(=O)c2ccccc2I)cs1. The van der Waals surface area contributed by atoms with E-state index in [1.165, 1.54) is 5.56 Å². The summed E-state index contributed by atoms with van der Waals surface area (Å²) in [6.45, 7) is 2.52. The van der Waals surface area contributed by atoms with Crippen LogP contribution < -0.4 is 5.32 Å². The van der Waals surface area contributed by atoms with Gasteiger partial charge < -0.3 is 5.32 Å². The first-order valence-corrected chi connectivity index (χ1v) is 9.14. The van der Waals surface area contributed by atoms with Gasteiger partial charge in [-0.3, -0.25) is 4.79 Å². The maximum atomic E-state index is 12.2. The van der Waals surface area contributed by atoms with Crippen LogP contribution in [0, 0.1) is 10.5 Å². The molecule has 0 atom stereocenters. The third kappa shape index (κ3) is 3.79. The topological polar surface area (TPSA) is 42.0 Å². The van der Waals surface area contributed by atoms with Gasteiger partial charge in [-0.05, 0) is 47.2 Å². The number of carbonyl (C=O) groups excluding carboxylic acids is 1. The average Bonchev–Trinajstić information content (AvgIpc) is 3.02. The van der Waals surface area contributed by atoms with Gasteiger partial charge in [0, 0.05) is 14.5 Å². The maximum absolute atomic E-state index is 12.2. The van der Waals surface area contributed by atoms with Crippen molar-refractivity contribution in [2.75, 3.05) is 0 Å². The van der Waals surface area contributed by atoms with Crippen molar-refractivity contribution in [3.63, 3.8) is 0 Å². The van der Waals surface area contributed by atoms with E-state index < -0.39 is 0 Å². The summed E-state index contributed by atoms with van der Waals surface area (Å²) >= 11 is 3.77. The molecule has 0 aliphatic heterocycles. The van der Waals surface area contributed by atoms with E-state index in [2.05, 4.69) is 51.9 Å². The van der Waals surface area contributed by atoms with E-state index in [1.54, 1.807) is 11.3 Å². The summed E-state index contributed by atoms with van der Waals surface area (Å²) < 4.78 is 0.946. The van der Waals surface area contributed by atoms with Crippen LogP contribution in [0.1, 0.15) is 21.6 Å². The Bertz CT molecular complexity index is 844. The molecule has 0 saturated heterocycles. The van der Waals surface area contributed by atoms with Crippen LogP contribution in [0.5, 0.6) is 0 Å². The van der Waals surface area contributed by atoms with Gasteiger partial charge in [0.15, 0.2) is 0 Å². The molecule has 2 aromatic carbocycles. The van der Waals surface area contributed by atoms with Gasteiger partial charge in [-0.2, -0.15) is 0 Å². The average molecular weight is 434 g/mol. The van der Waals surface area contributed by atoms with Gasteiger partial charge >= 0.3 is 0 Å². The molecule has 0 aliphatic rings. The van der Waals surface area contributed by atoms with Crippen molar-refractivity contribution in [1.82, 2.24) is 10.3 Å². The predicted molar refractivity (Wildman–Crippen MR) is 103 cm³/mol. The fraction of sp³-hybridized carbons (Fsp3) is 0.111. The molecule has 0 saturated carbocycles. The molecule has 3 aromatic rings. The zero-order valence-corrected chi connectivity index (χ0v) is 15.5. The molecule has 0 unspecified atom stereocenters. The second-order valence-corrected chi connectivity index (χ2v) is 7.14. The summed E-state index contributed by atoms with van der Waals surface area (Å²) in [7, 11) is 0. The van der Waals surface area contributed by atoms with E-state index in [4.69, 9.17) is 0 Å². The number of thiazole rings is 1. The van der Waals surface area contributed by atoms with Crippen LogP contribution >= 0.6 is 33.9 Å². The summed E-state index contributed by atoms with van der Waals surface area (Å²) in [4.78, 5) is 16.9. The number of carbonyl (C=O) groups is 1. The zero-order chi connectivity index (χ0) is 16.2. The number of nitrogens with zero attached hydrogens (tertiary/aromatic N) is 1. The number of amides is 1. The van der Waals surface area contributed by atoms with Crippen molar-refractivity contribution in [3.8, 4) is 10.6 Å². The molecule has 23 heavy (non-hydrogen) atoms. The van der Waals surface area contributed by atoms with Gasteiger partial charge in [0.05, 0.1) is 17.8 Å². The lowest BCUT2D eigenvalue weighted by Gasteiger charge is -2.05. The lowest BCUT2D eigenvalue weighted by molar-refractivity contribution is 0.0949. The van der Waals surface area contributed by atoms with Crippen LogP contribution in [0.3, 0.4) is 0 Å². The van der Waals surface area contributed by atoms with Gasteiger partial charge in [-0.15, -0.1) is 11.3 Å². The number of halogens is 1. The monoisotopic (exact) mass is 434 g/mol. The Labute approximate surface area is 152 Å². The number of aromatic nitrogens is 1. The molecule has 0 bridgehead atoms. The largest absolute Gasteiger partial charge is 0.346 e. The lowest BCUT2D eigenvalue weighted by Crippen LogP contribution is -2.23. The standard InChI is InChI=1S/C18H15IN2OS/c1-12-6-2-3-7-14(12)18-21-13(11-23-18)10-20-17(22)15-8-4-5-9-16(15)19/h2-9,11H,10H2,1H3,(H,20,22). The highest BCUT2D eigenvalue weighted by molar-refractivity contribution is 14.1. The van der Waals surface area contributed by atoms with Crippen molar-refractivity contribution < 1.29 is 4.79 Å². The maximum Gasteiger partial charge on any atom is 0.252 e.